The maximum atomic E-state index is 6.20. The lowest BCUT2D eigenvalue weighted by atomic mass is 9.68. The molecule has 0 fully saturated rings. The fraction of sp³-hybridized carbons (Fsp3) is 0.0154. The van der Waals surface area contributed by atoms with E-state index in [0.717, 1.165) is 50.1 Å². The van der Waals surface area contributed by atoms with Gasteiger partial charge in [-0.2, -0.15) is 0 Å². The van der Waals surface area contributed by atoms with Crippen molar-refractivity contribution >= 4 is 49.8 Å². The van der Waals surface area contributed by atoms with Gasteiger partial charge in [-0.3, -0.25) is 0 Å². The van der Waals surface area contributed by atoms with Gasteiger partial charge in [-0.05, 0) is 121 Å². The minimum atomic E-state index is -0.521. The van der Waals surface area contributed by atoms with Crippen LogP contribution >= 0.6 is 0 Å². The summed E-state index contributed by atoms with van der Waals surface area (Å²) in [6.45, 7) is 0. The summed E-state index contributed by atoms with van der Waals surface area (Å²) < 4.78 is 6.20. The number of fused-ring (bicyclic) bond motifs is 7. The third kappa shape index (κ3) is 6.18. The molecule has 11 aromatic carbocycles. The SMILES string of the molecule is c1ccc(-c2ccc(-c3ccc(N(c4ccc(-c5ccc6oc7ccccc7c6c5)cc4)c4cccc5c4-c4ccccc4C5(c4ccccc4)c4ccccc4)cc3)c3ccccc23)cc1. The molecular formula is C65H43NO. The van der Waals surface area contributed by atoms with Crippen LogP contribution in [0, 0.1) is 0 Å². The van der Waals surface area contributed by atoms with Crippen LogP contribution in [-0.2, 0) is 5.41 Å². The van der Waals surface area contributed by atoms with E-state index in [0.29, 0.717) is 0 Å². The molecule has 0 spiro atoms. The molecule has 0 atom stereocenters. The van der Waals surface area contributed by atoms with Crippen LogP contribution in [-0.4, -0.2) is 0 Å². The van der Waals surface area contributed by atoms with E-state index in [2.05, 4.69) is 254 Å². The van der Waals surface area contributed by atoms with Gasteiger partial charge in [0.05, 0.1) is 11.1 Å². The zero-order valence-electron chi connectivity index (χ0n) is 36.7. The van der Waals surface area contributed by atoms with Gasteiger partial charge in [0.1, 0.15) is 11.2 Å². The molecule has 0 N–H and O–H groups in total. The summed E-state index contributed by atoms with van der Waals surface area (Å²) in [4.78, 5) is 2.46. The number of furan rings is 1. The lowest BCUT2D eigenvalue weighted by Crippen LogP contribution is -2.28. The third-order valence-corrected chi connectivity index (χ3v) is 14.0. The first-order valence-corrected chi connectivity index (χ1v) is 23.1. The second kappa shape index (κ2) is 15.8. The van der Waals surface area contributed by atoms with E-state index in [4.69, 9.17) is 4.42 Å². The predicted molar refractivity (Wildman–Crippen MR) is 280 cm³/mol. The standard InChI is InChI=1S/C65H43NO/c1-4-17-45(18-5-1)52-40-41-53(55-24-11-10-23-54(52)55)46-33-38-51(39-34-46)66(50-36-31-44(32-37-50)47-35-42-63-58(43-47)56-25-13-15-30-62(56)67-63)61-29-16-28-60-64(61)57-26-12-14-27-59(57)65(60,48-19-6-2-7-20-48)49-21-8-3-9-22-49/h1-43H. The molecule has 0 amide bonds. The van der Waals surface area contributed by atoms with Crippen molar-refractivity contribution in [1.82, 2.24) is 0 Å². The third-order valence-electron chi connectivity index (χ3n) is 14.0. The van der Waals surface area contributed by atoms with Gasteiger partial charge in [0.25, 0.3) is 0 Å². The van der Waals surface area contributed by atoms with Crippen molar-refractivity contribution in [3.05, 3.63) is 283 Å². The quantitative estimate of drug-likeness (QED) is 0.151. The maximum absolute atomic E-state index is 6.20. The first-order valence-electron chi connectivity index (χ1n) is 23.1. The van der Waals surface area contributed by atoms with E-state index in [1.165, 1.54) is 66.4 Å². The van der Waals surface area contributed by atoms with Crippen molar-refractivity contribution in [2.24, 2.45) is 0 Å². The Bertz CT molecular complexity index is 3740. The highest BCUT2D eigenvalue weighted by Gasteiger charge is 2.47. The topological polar surface area (TPSA) is 16.4 Å². The largest absolute Gasteiger partial charge is 0.456 e. The lowest BCUT2D eigenvalue weighted by Gasteiger charge is -2.34. The Morgan fingerprint density at radius 1 is 0.299 bits per heavy atom. The fourth-order valence-corrected chi connectivity index (χ4v) is 11.0. The number of nitrogens with zero attached hydrogens (tertiary/aromatic N) is 1. The van der Waals surface area contributed by atoms with Gasteiger partial charge in [-0.15, -0.1) is 0 Å². The maximum Gasteiger partial charge on any atom is 0.135 e. The van der Waals surface area contributed by atoms with Crippen molar-refractivity contribution < 1.29 is 4.42 Å². The zero-order valence-corrected chi connectivity index (χ0v) is 36.7. The molecule has 1 aliphatic rings. The Hall–Kier alpha value is -8.72. The number of benzene rings is 11. The molecule has 0 aliphatic heterocycles. The van der Waals surface area contributed by atoms with Crippen LogP contribution in [0.1, 0.15) is 22.3 Å². The van der Waals surface area contributed by atoms with Gasteiger partial charge < -0.3 is 9.32 Å². The van der Waals surface area contributed by atoms with Crippen molar-refractivity contribution in [3.8, 4) is 44.5 Å². The van der Waals surface area contributed by atoms with Crippen LogP contribution in [0.15, 0.2) is 265 Å². The second-order valence-electron chi connectivity index (χ2n) is 17.5. The smallest absolute Gasteiger partial charge is 0.135 e. The minimum Gasteiger partial charge on any atom is -0.456 e. The van der Waals surface area contributed by atoms with E-state index >= 15 is 0 Å². The van der Waals surface area contributed by atoms with E-state index < -0.39 is 5.41 Å². The summed E-state index contributed by atoms with van der Waals surface area (Å²) in [5.74, 6) is 0. The van der Waals surface area contributed by atoms with Crippen LogP contribution in [0.25, 0.3) is 77.2 Å². The molecule has 1 heterocycles. The summed E-state index contributed by atoms with van der Waals surface area (Å²) in [5.41, 5.74) is 19.2. The number of anilines is 3. The van der Waals surface area contributed by atoms with Gasteiger partial charge >= 0.3 is 0 Å². The van der Waals surface area contributed by atoms with E-state index in [1.807, 2.05) is 12.1 Å². The highest BCUT2D eigenvalue weighted by molar-refractivity contribution is 6.07. The molecule has 2 nitrogen and oxygen atoms in total. The number of rotatable bonds is 8. The average molecular weight is 854 g/mol. The summed E-state index contributed by atoms with van der Waals surface area (Å²) in [7, 11) is 0. The molecule has 0 unspecified atom stereocenters. The second-order valence-corrected chi connectivity index (χ2v) is 17.5. The monoisotopic (exact) mass is 853 g/mol. The molecule has 0 bridgehead atoms. The number of para-hydroxylation sites is 1. The van der Waals surface area contributed by atoms with Crippen molar-refractivity contribution in [3.63, 3.8) is 0 Å². The van der Waals surface area contributed by atoms with Crippen LogP contribution in [0.5, 0.6) is 0 Å². The molecule has 2 heteroatoms. The Morgan fingerprint density at radius 3 is 1.45 bits per heavy atom. The van der Waals surface area contributed by atoms with Gasteiger partial charge in [0.2, 0.25) is 0 Å². The molecule has 1 aliphatic carbocycles. The molecule has 67 heavy (non-hydrogen) atoms. The Balaban J connectivity index is 0.993. The van der Waals surface area contributed by atoms with Crippen molar-refractivity contribution in [2.45, 2.75) is 5.41 Å². The summed E-state index contributed by atoms with van der Waals surface area (Å²) >= 11 is 0. The summed E-state index contributed by atoms with van der Waals surface area (Å²) in [6, 6.07) is 95.1. The number of hydrogen-bond acceptors (Lipinski definition) is 2. The normalized spacial score (nSPS) is 12.6. The Kier molecular flexibility index (Phi) is 9.11. The zero-order chi connectivity index (χ0) is 44.3. The molecule has 0 saturated heterocycles. The first-order chi connectivity index (χ1) is 33.2. The van der Waals surface area contributed by atoms with Crippen LogP contribution in [0.4, 0.5) is 17.1 Å². The van der Waals surface area contributed by atoms with Crippen molar-refractivity contribution in [2.75, 3.05) is 4.90 Å². The van der Waals surface area contributed by atoms with E-state index in [1.54, 1.807) is 0 Å². The molecule has 13 rings (SSSR count). The van der Waals surface area contributed by atoms with Crippen LogP contribution in [0.3, 0.4) is 0 Å². The predicted octanol–water partition coefficient (Wildman–Crippen LogP) is 17.6. The highest BCUT2D eigenvalue weighted by Crippen LogP contribution is 2.59. The van der Waals surface area contributed by atoms with Gasteiger partial charge in [-0.25, -0.2) is 0 Å². The van der Waals surface area contributed by atoms with E-state index in [-0.39, 0.29) is 0 Å². The molecule has 12 aromatic rings. The van der Waals surface area contributed by atoms with E-state index in [9.17, 15) is 0 Å². The minimum absolute atomic E-state index is 0.521. The molecule has 314 valence electrons. The van der Waals surface area contributed by atoms with Crippen LogP contribution < -0.4 is 4.90 Å². The molecular weight excluding hydrogens is 811 g/mol. The summed E-state index contributed by atoms with van der Waals surface area (Å²) in [5, 5.41) is 4.74. The van der Waals surface area contributed by atoms with Crippen molar-refractivity contribution in [1.29, 1.82) is 0 Å². The molecule has 0 saturated carbocycles. The average Bonchev–Trinajstić information content (AvgIpc) is 3.94. The Labute approximate surface area is 390 Å². The fourth-order valence-electron chi connectivity index (χ4n) is 11.0. The lowest BCUT2D eigenvalue weighted by molar-refractivity contribution is 0.669. The molecule has 1 aromatic heterocycles. The Morgan fingerprint density at radius 2 is 0.791 bits per heavy atom. The van der Waals surface area contributed by atoms with Gasteiger partial charge in [-0.1, -0.05) is 212 Å². The number of hydrogen-bond donors (Lipinski definition) is 0. The van der Waals surface area contributed by atoms with Gasteiger partial charge in [0, 0.05) is 27.7 Å². The highest BCUT2D eigenvalue weighted by atomic mass is 16.3. The van der Waals surface area contributed by atoms with Gasteiger partial charge in [0.15, 0.2) is 0 Å². The summed E-state index contributed by atoms with van der Waals surface area (Å²) in [6.07, 6.45) is 0. The first kappa shape index (κ1) is 38.7. The molecule has 0 radical (unpaired) electrons. The van der Waals surface area contributed by atoms with Crippen LogP contribution in [0.2, 0.25) is 0 Å².